The Morgan fingerprint density at radius 1 is 1.64 bits per heavy atom. The van der Waals surface area contributed by atoms with Gasteiger partial charge in [0.1, 0.15) is 16.2 Å². The van der Waals surface area contributed by atoms with Gasteiger partial charge in [0.15, 0.2) is 5.58 Å². The molecule has 0 fully saturated rings. The van der Waals surface area contributed by atoms with Gasteiger partial charge in [-0.25, -0.2) is 9.78 Å². The number of carbonyl (C=O) groups excluding carboxylic acids is 1. The van der Waals surface area contributed by atoms with Gasteiger partial charge in [-0.3, -0.25) is 0 Å². The smallest absolute Gasteiger partial charge is 0.341 e. The maximum atomic E-state index is 11.3. The Morgan fingerprint density at radius 3 is 3.14 bits per heavy atom. The van der Waals surface area contributed by atoms with E-state index in [1.54, 1.807) is 6.07 Å². The largest absolute Gasteiger partial charge is 0.465 e. The van der Waals surface area contributed by atoms with Crippen molar-refractivity contribution in [3.05, 3.63) is 29.1 Å². The highest BCUT2D eigenvalue weighted by molar-refractivity contribution is 6.30. The fourth-order valence-electron chi connectivity index (χ4n) is 1.19. The predicted molar refractivity (Wildman–Crippen MR) is 50.4 cm³/mol. The maximum Gasteiger partial charge on any atom is 0.341 e. The summed E-state index contributed by atoms with van der Waals surface area (Å²) >= 11 is 5.72. The molecule has 2 aromatic rings. The molecule has 0 bridgehead atoms. The fraction of sp³-hybridized carbons (Fsp3) is 0.111. The number of pyridine rings is 1. The molecule has 0 amide bonds. The molecule has 2 aromatic heterocycles. The number of hydrogen-bond acceptors (Lipinski definition) is 4. The number of methoxy groups -OCH3 is 1. The molecule has 2 rings (SSSR count). The third kappa shape index (κ3) is 1.33. The van der Waals surface area contributed by atoms with Crippen LogP contribution in [0.2, 0.25) is 5.15 Å². The summed E-state index contributed by atoms with van der Waals surface area (Å²) in [4.78, 5) is 15.3. The maximum absolute atomic E-state index is 11.3. The molecule has 0 radical (unpaired) electrons. The van der Waals surface area contributed by atoms with E-state index < -0.39 is 5.97 Å². The Bertz CT molecular complexity index is 492. The van der Waals surface area contributed by atoms with E-state index in [-0.39, 0.29) is 10.7 Å². The van der Waals surface area contributed by atoms with Gasteiger partial charge < -0.3 is 9.15 Å². The second kappa shape index (κ2) is 3.31. The van der Waals surface area contributed by atoms with Crippen LogP contribution in [-0.4, -0.2) is 18.1 Å². The number of hydrogen-bond donors (Lipinski definition) is 0. The number of furan rings is 1. The highest BCUT2D eigenvalue weighted by Crippen LogP contribution is 2.22. The second-order valence-corrected chi connectivity index (χ2v) is 3.01. The first-order valence-electron chi connectivity index (χ1n) is 3.84. The van der Waals surface area contributed by atoms with E-state index in [1.165, 1.54) is 19.4 Å². The summed E-state index contributed by atoms with van der Waals surface area (Å²) in [5.74, 6) is -0.491. The van der Waals surface area contributed by atoms with Crippen LogP contribution >= 0.6 is 11.6 Å². The molecule has 0 unspecified atom stereocenters. The lowest BCUT2D eigenvalue weighted by molar-refractivity contribution is 0.0601. The molecule has 0 atom stereocenters. The number of ether oxygens (including phenoxy) is 1. The van der Waals surface area contributed by atoms with Crippen molar-refractivity contribution in [3.8, 4) is 0 Å². The first-order chi connectivity index (χ1) is 6.72. The Hall–Kier alpha value is -1.55. The molecule has 0 saturated carbocycles. The Balaban J connectivity index is 2.72. The van der Waals surface area contributed by atoms with E-state index in [9.17, 15) is 4.79 Å². The Kier molecular flexibility index (Phi) is 2.13. The molecule has 0 N–H and O–H groups in total. The summed E-state index contributed by atoms with van der Waals surface area (Å²) in [5.41, 5.74) is 1.21. The SMILES string of the molecule is COC(=O)c1cc(Cl)nc2ccoc12. The van der Waals surface area contributed by atoms with Crippen molar-refractivity contribution in [2.24, 2.45) is 0 Å². The summed E-state index contributed by atoms with van der Waals surface area (Å²) in [6, 6.07) is 3.05. The summed E-state index contributed by atoms with van der Waals surface area (Å²) in [6.45, 7) is 0. The Morgan fingerprint density at radius 2 is 2.43 bits per heavy atom. The van der Waals surface area contributed by atoms with Gasteiger partial charge in [-0.2, -0.15) is 0 Å². The van der Waals surface area contributed by atoms with Crippen LogP contribution in [0.5, 0.6) is 0 Å². The molecular formula is C9H6ClNO3. The zero-order chi connectivity index (χ0) is 10.1. The van der Waals surface area contributed by atoms with E-state index in [1.807, 2.05) is 0 Å². The van der Waals surface area contributed by atoms with Crippen LogP contribution in [0, 0.1) is 0 Å². The van der Waals surface area contributed by atoms with E-state index >= 15 is 0 Å². The molecular weight excluding hydrogens is 206 g/mol. The topological polar surface area (TPSA) is 52.3 Å². The molecule has 0 aliphatic heterocycles. The average molecular weight is 212 g/mol. The van der Waals surface area contributed by atoms with Crippen molar-refractivity contribution in [1.29, 1.82) is 0 Å². The van der Waals surface area contributed by atoms with Gasteiger partial charge >= 0.3 is 5.97 Å². The lowest BCUT2D eigenvalue weighted by Crippen LogP contribution is -2.02. The van der Waals surface area contributed by atoms with Crippen LogP contribution in [-0.2, 0) is 4.74 Å². The van der Waals surface area contributed by atoms with Crippen molar-refractivity contribution in [2.45, 2.75) is 0 Å². The van der Waals surface area contributed by atoms with Crippen LogP contribution < -0.4 is 0 Å². The van der Waals surface area contributed by atoms with Gasteiger partial charge in [0.2, 0.25) is 0 Å². The number of halogens is 1. The number of esters is 1. The molecule has 14 heavy (non-hydrogen) atoms. The van der Waals surface area contributed by atoms with Gasteiger partial charge in [-0.1, -0.05) is 11.6 Å². The number of rotatable bonds is 1. The third-order valence-corrected chi connectivity index (χ3v) is 1.98. The van der Waals surface area contributed by atoms with E-state index in [0.29, 0.717) is 11.1 Å². The predicted octanol–water partition coefficient (Wildman–Crippen LogP) is 2.27. The van der Waals surface area contributed by atoms with Crippen molar-refractivity contribution < 1.29 is 13.9 Å². The summed E-state index contributed by atoms with van der Waals surface area (Å²) in [6.07, 6.45) is 1.44. The van der Waals surface area contributed by atoms with Crippen molar-refractivity contribution in [1.82, 2.24) is 4.98 Å². The second-order valence-electron chi connectivity index (χ2n) is 2.62. The Labute approximate surface area is 84.4 Å². The van der Waals surface area contributed by atoms with Crippen LogP contribution in [0.15, 0.2) is 22.8 Å². The van der Waals surface area contributed by atoms with E-state index in [4.69, 9.17) is 16.0 Å². The molecule has 5 heteroatoms. The number of carbonyl (C=O) groups is 1. The minimum atomic E-state index is -0.491. The highest BCUT2D eigenvalue weighted by Gasteiger charge is 2.15. The van der Waals surface area contributed by atoms with Crippen LogP contribution in [0.3, 0.4) is 0 Å². The first-order valence-corrected chi connectivity index (χ1v) is 4.22. The molecule has 0 saturated heterocycles. The molecule has 0 aliphatic carbocycles. The zero-order valence-electron chi connectivity index (χ0n) is 7.28. The van der Waals surface area contributed by atoms with Gasteiger partial charge in [-0.15, -0.1) is 0 Å². The fourth-order valence-corrected chi connectivity index (χ4v) is 1.39. The third-order valence-electron chi connectivity index (χ3n) is 1.79. The van der Waals surface area contributed by atoms with Gasteiger partial charge in [0.25, 0.3) is 0 Å². The van der Waals surface area contributed by atoms with Crippen LogP contribution in [0.25, 0.3) is 11.1 Å². The summed E-state index contributed by atoms with van der Waals surface area (Å²) in [5, 5.41) is 0.235. The van der Waals surface area contributed by atoms with Crippen molar-refractivity contribution in [2.75, 3.05) is 7.11 Å². The lowest BCUT2D eigenvalue weighted by Gasteiger charge is -1.99. The standard InChI is InChI=1S/C9H6ClNO3/c1-13-9(12)5-4-7(10)11-6-2-3-14-8(5)6/h2-4H,1H3. The molecule has 72 valence electrons. The van der Waals surface area contributed by atoms with Gasteiger partial charge in [0, 0.05) is 6.07 Å². The number of nitrogens with zero attached hydrogens (tertiary/aromatic N) is 1. The molecule has 0 aliphatic rings. The summed E-state index contributed by atoms with van der Waals surface area (Å²) in [7, 11) is 1.30. The monoisotopic (exact) mass is 211 g/mol. The average Bonchev–Trinajstić information content (AvgIpc) is 2.62. The van der Waals surface area contributed by atoms with E-state index in [2.05, 4.69) is 9.72 Å². The molecule has 4 nitrogen and oxygen atoms in total. The highest BCUT2D eigenvalue weighted by atomic mass is 35.5. The van der Waals surface area contributed by atoms with Gasteiger partial charge in [-0.05, 0) is 6.07 Å². The first kappa shape index (κ1) is 9.02. The number of aromatic nitrogens is 1. The van der Waals surface area contributed by atoms with Gasteiger partial charge in [0.05, 0.1) is 13.4 Å². The van der Waals surface area contributed by atoms with Crippen LogP contribution in [0.1, 0.15) is 10.4 Å². The molecule has 2 heterocycles. The minimum absolute atomic E-state index is 0.235. The van der Waals surface area contributed by atoms with Crippen molar-refractivity contribution in [3.63, 3.8) is 0 Å². The van der Waals surface area contributed by atoms with Crippen LogP contribution in [0.4, 0.5) is 0 Å². The lowest BCUT2D eigenvalue weighted by atomic mass is 10.2. The zero-order valence-corrected chi connectivity index (χ0v) is 8.04. The number of fused-ring (bicyclic) bond motifs is 1. The molecule has 0 aromatic carbocycles. The minimum Gasteiger partial charge on any atom is -0.465 e. The summed E-state index contributed by atoms with van der Waals surface area (Å²) < 4.78 is 9.69. The molecule has 0 spiro atoms. The quantitative estimate of drug-likeness (QED) is 0.536. The normalized spacial score (nSPS) is 10.4. The van der Waals surface area contributed by atoms with Crippen molar-refractivity contribution >= 4 is 28.7 Å². The van der Waals surface area contributed by atoms with E-state index in [0.717, 1.165) is 0 Å².